The van der Waals surface area contributed by atoms with E-state index in [2.05, 4.69) is 15.6 Å². The fourth-order valence-corrected chi connectivity index (χ4v) is 4.43. The van der Waals surface area contributed by atoms with Gasteiger partial charge in [0, 0.05) is 30.9 Å². The van der Waals surface area contributed by atoms with Gasteiger partial charge in [0.15, 0.2) is 0 Å². The number of aliphatic hydroxyl groups is 2. The van der Waals surface area contributed by atoms with Crippen molar-refractivity contribution in [1.29, 1.82) is 0 Å². The molecule has 0 radical (unpaired) electrons. The molecule has 0 unspecified atom stereocenters. The number of benzene rings is 1. The highest BCUT2D eigenvalue weighted by Gasteiger charge is 2.41. The Kier molecular flexibility index (Phi) is 8.42. The average Bonchev–Trinajstić information content (AvgIpc) is 3.20. The number of rotatable bonds is 8. The van der Waals surface area contributed by atoms with E-state index in [9.17, 15) is 19.8 Å². The zero-order chi connectivity index (χ0) is 24.1. The Hall–Kier alpha value is -2.52. The van der Waals surface area contributed by atoms with Gasteiger partial charge in [0.25, 0.3) is 0 Å². The molecule has 33 heavy (non-hydrogen) atoms. The zero-order valence-electron chi connectivity index (χ0n) is 19.0. The number of hydrogen-bond acceptors (Lipinski definition) is 6. The topological polar surface area (TPSA) is 115 Å². The molecule has 2 aromatic rings. The van der Waals surface area contributed by atoms with Gasteiger partial charge in [-0.15, -0.1) is 0 Å². The number of aromatic nitrogens is 1. The molecule has 0 aliphatic carbocycles. The molecule has 4 atom stereocenters. The number of halogens is 1. The monoisotopic (exact) mass is 474 g/mol. The Morgan fingerprint density at radius 2 is 1.94 bits per heavy atom. The number of carbonyl (C=O) groups is 2. The van der Waals surface area contributed by atoms with Crippen molar-refractivity contribution in [3.05, 3.63) is 53.3 Å². The molecule has 3 rings (SSSR count). The molecule has 0 spiro atoms. The molecule has 9 heteroatoms. The second kappa shape index (κ2) is 11.1. The van der Waals surface area contributed by atoms with E-state index in [1.165, 1.54) is 4.90 Å². The minimum atomic E-state index is -0.801. The maximum absolute atomic E-state index is 13.1. The summed E-state index contributed by atoms with van der Waals surface area (Å²) in [4.78, 5) is 31.6. The first-order valence-electron chi connectivity index (χ1n) is 11.0. The smallest absolute Gasteiger partial charge is 0.243 e. The molecule has 1 aliphatic heterocycles. The number of nitrogens with zero attached hydrogens (tertiary/aromatic N) is 2. The third kappa shape index (κ3) is 5.70. The number of hydrogen-bond donors (Lipinski definition) is 4. The van der Waals surface area contributed by atoms with Crippen LogP contribution in [0.2, 0.25) is 5.02 Å². The summed E-state index contributed by atoms with van der Waals surface area (Å²) in [6, 6.07) is 7.11. The lowest BCUT2D eigenvalue weighted by atomic mass is 10.0. The molecule has 2 heterocycles. The first kappa shape index (κ1) is 25.1. The molecule has 1 fully saturated rings. The standard InChI is InChI=1S/C24H31ClN4O4/c1-14(2)22(26-3)24(33)29-12-17(31)10-21(29)23(32)28-20(13-30)16-6-4-15(5-7-16)18-11-27-9-8-19(18)25/h4-9,11,14,17,20-22,26,30-31H,10,12-13H2,1-3H3,(H,28,32)/t17-,20+,21+,22+/m1/s1. The Labute approximate surface area is 199 Å². The van der Waals surface area contributed by atoms with E-state index >= 15 is 0 Å². The lowest BCUT2D eigenvalue weighted by molar-refractivity contribution is -0.141. The van der Waals surface area contributed by atoms with Crippen molar-refractivity contribution in [2.45, 2.75) is 44.5 Å². The van der Waals surface area contributed by atoms with E-state index in [0.29, 0.717) is 10.6 Å². The van der Waals surface area contributed by atoms with Gasteiger partial charge in [0.1, 0.15) is 6.04 Å². The van der Waals surface area contributed by atoms with Crippen LogP contribution in [0.25, 0.3) is 11.1 Å². The summed E-state index contributed by atoms with van der Waals surface area (Å²) < 4.78 is 0. The Balaban J connectivity index is 1.74. The third-order valence-electron chi connectivity index (χ3n) is 6.00. The van der Waals surface area contributed by atoms with Crippen molar-refractivity contribution in [3.63, 3.8) is 0 Å². The number of carbonyl (C=O) groups excluding carboxylic acids is 2. The molecule has 4 N–H and O–H groups in total. The normalized spacial score (nSPS) is 20.0. The van der Waals surface area contributed by atoms with E-state index in [4.69, 9.17) is 11.6 Å². The number of nitrogens with one attached hydrogen (secondary N) is 2. The number of likely N-dealkylation sites (tertiary alicyclic amines) is 1. The summed E-state index contributed by atoms with van der Waals surface area (Å²) in [6.45, 7) is 3.63. The fourth-order valence-electron chi connectivity index (χ4n) is 4.21. The van der Waals surface area contributed by atoms with Gasteiger partial charge in [0.05, 0.1) is 29.8 Å². The van der Waals surface area contributed by atoms with Crippen molar-refractivity contribution in [1.82, 2.24) is 20.5 Å². The van der Waals surface area contributed by atoms with Gasteiger partial charge < -0.3 is 25.7 Å². The third-order valence-corrected chi connectivity index (χ3v) is 6.33. The predicted molar refractivity (Wildman–Crippen MR) is 126 cm³/mol. The predicted octanol–water partition coefficient (Wildman–Crippen LogP) is 1.76. The van der Waals surface area contributed by atoms with Gasteiger partial charge in [-0.25, -0.2) is 0 Å². The number of aliphatic hydroxyl groups excluding tert-OH is 2. The molecule has 1 aliphatic rings. The average molecular weight is 475 g/mol. The number of pyridine rings is 1. The van der Waals surface area contributed by atoms with Gasteiger partial charge in [0.2, 0.25) is 11.8 Å². The minimum absolute atomic E-state index is 0.0287. The molecular formula is C24H31ClN4O4. The first-order valence-corrected chi connectivity index (χ1v) is 11.4. The summed E-state index contributed by atoms with van der Waals surface area (Å²) in [5.41, 5.74) is 2.36. The summed E-state index contributed by atoms with van der Waals surface area (Å²) >= 11 is 6.24. The van der Waals surface area contributed by atoms with Crippen LogP contribution in [-0.2, 0) is 9.59 Å². The van der Waals surface area contributed by atoms with Gasteiger partial charge in [-0.2, -0.15) is 0 Å². The van der Waals surface area contributed by atoms with Crippen LogP contribution in [0.5, 0.6) is 0 Å². The highest BCUT2D eigenvalue weighted by atomic mass is 35.5. The van der Waals surface area contributed by atoms with Gasteiger partial charge in [-0.05, 0) is 30.2 Å². The molecule has 1 saturated heterocycles. The number of likely N-dealkylation sites (N-methyl/N-ethyl adjacent to an activating group) is 1. The van der Waals surface area contributed by atoms with Crippen molar-refractivity contribution in [3.8, 4) is 11.1 Å². The van der Waals surface area contributed by atoms with Gasteiger partial charge in [-0.3, -0.25) is 14.6 Å². The maximum atomic E-state index is 13.1. The van der Waals surface area contributed by atoms with E-state index in [1.54, 1.807) is 25.5 Å². The second-order valence-corrected chi connectivity index (χ2v) is 9.03. The second-order valence-electron chi connectivity index (χ2n) is 8.63. The molecule has 8 nitrogen and oxygen atoms in total. The van der Waals surface area contributed by atoms with Gasteiger partial charge in [-0.1, -0.05) is 49.7 Å². The Morgan fingerprint density at radius 1 is 1.24 bits per heavy atom. The number of β-amino-alcohol motifs (C(OH)–C–C–N with tert-alkyl or cyclic N) is 1. The zero-order valence-corrected chi connectivity index (χ0v) is 19.8. The summed E-state index contributed by atoms with van der Waals surface area (Å²) in [6.07, 6.45) is 2.68. The van der Waals surface area contributed by atoms with Crippen molar-refractivity contribution >= 4 is 23.4 Å². The molecule has 0 saturated carbocycles. The van der Waals surface area contributed by atoms with Crippen molar-refractivity contribution in [2.75, 3.05) is 20.2 Å². The number of amides is 2. The van der Waals surface area contributed by atoms with E-state index in [1.807, 2.05) is 38.1 Å². The molecule has 1 aromatic heterocycles. The SMILES string of the molecule is CN[C@H](C(=O)N1C[C@H](O)C[C@H]1C(=O)N[C@@H](CO)c1ccc(-c2cnccc2Cl)cc1)C(C)C. The van der Waals surface area contributed by atoms with Crippen molar-refractivity contribution < 1.29 is 19.8 Å². The Morgan fingerprint density at radius 3 is 2.52 bits per heavy atom. The maximum Gasteiger partial charge on any atom is 0.243 e. The minimum Gasteiger partial charge on any atom is -0.394 e. The summed E-state index contributed by atoms with van der Waals surface area (Å²) in [7, 11) is 1.70. The van der Waals surface area contributed by atoms with Crippen LogP contribution >= 0.6 is 11.6 Å². The van der Waals surface area contributed by atoms with Crippen molar-refractivity contribution in [2.24, 2.45) is 5.92 Å². The van der Waals surface area contributed by atoms with Crippen LogP contribution in [0, 0.1) is 5.92 Å². The summed E-state index contributed by atoms with van der Waals surface area (Å²) in [5, 5.41) is 26.5. The van der Waals surface area contributed by atoms with Crippen LogP contribution in [0.4, 0.5) is 0 Å². The molecular weight excluding hydrogens is 444 g/mol. The van der Waals surface area contributed by atoms with Crippen LogP contribution in [0.1, 0.15) is 31.9 Å². The van der Waals surface area contributed by atoms with Crippen LogP contribution < -0.4 is 10.6 Å². The first-order chi connectivity index (χ1) is 15.8. The quantitative estimate of drug-likeness (QED) is 0.463. The fraction of sp³-hybridized carbons (Fsp3) is 0.458. The summed E-state index contributed by atoms with van der Waals surface area (Å²) in [5.74, 6) is -0.597. The van der Waals surface area contributed by atoms with E-state index in [0.717, 1.165) is 11.1 Å². The van der Waals surface area contributed by atoms with Crippen LogP contribution in [-0.4, -0.2) is 70.3 Å². The van der Waals surface area contributed by atoms with E-state index < -0.39 is 30.1 Å². The van der Waals surface area contributed by atoms with Crippen LogP contribution in [0.15, 0.2) is 42.7 Å². The molecule has 0 bridgehead atoms. The lowest BCUT2D eigenvalue weighted by Crippen LogP contribution is -2.54. The molecule has 178 valence electrons. The molecule has 1 aromatic carbocycles. The largest absolute Gasteiger partial charge is 0.394 e. The molecule has 2 amide bonds. The lowest BCUT2D eigenvalue weighted by Gasteiger charge is -2.30. The van der Waals surface area contributed by atoms with E-state index in [-0.39, 0.29) is 31.4 Å². The Bertz CT molecular complexity index is 969. The highest BCUT2D eigenvalue weighted by molar-refractivity contribution is 6.33. The highest BCUT2D eigenvalue weighted by Crippen LogP contribution is 2.28. The van der Waals surface area contributed by atoms with Crippen LogP contribution in [0.3, 0.4) is 0 Å². The van der Waals surface area contributed by atoms with Gasteiger partial charge >= 0.3 is 0 Å².